The molecule has 0 atom stereocenters. The molecule has 0 saturated carbocycles. The number of hydrogen-bond acceptors (Lipinski definition) is 8. The Labute approximate surface area is 164 Å². The summed E-state index contributed by atoms with van der Waals surface area (Å²) < 4.78 is 10.9. The van der Waals surface area contributed by atoms with Crippen molar-refractivity contribution in [1.82, 2.24) is 15.0 Å². The van der Waals surface area contributed by atoms with Crippen LogP contribution in [0.4, 0.5) is 23.5 Å². The molecule has 8 nitrogen and oxygen atoms in total. The van der Waals surface area contributed by atoms with E-state index in [1.165, 1.54) is 38.5 Å². The van der Waals surface area contributed by atoms with Crippen molar-refractivity contribution in [1.29, 1.82) is 0 Å². The molecule has 5 rings (SSSR count). The highest BCUT2D eigenvalue weighted by Crippen LogP contribution is 2.35. The lowest BCUT2D eigenvalue weighted by molar-refractivity contribution is 0.174. The number of nitrogens with zero attached hydrogens (tertiary/aromatic N) is 5. The molecule has 4 heterocycles. The molecule has 8 heteroatoms. The number of rotatable bonds is 4. The normalized spacial score (nSPS) is 19.0. The Kier molecular flexibility index (Phi) is 4.76. The van der Waals surface area contributed by atoms with Gasteiger partial charge in [0.2, 0.25) is 24.6 Å². The van der Waals surface area contributed by atoms with Crippen LogP contribution in [0.15, 0.2) is 18.2 Å². The number of piperidine rings is 2. The molecule has 0 spiro atoms. The number of benzene rings is 1. The van der Waals surface area contributed by atoms with Crippen molar-refractivity contribution in [3.63, 3.8) is 0 Å². The Bertz CT molecular complexity index is 797. The zero-order chi connectivity index (χ0) is 18.8. The summed E-state index contributed by atoms with van der Waals surface area (Å²) in [4.78, 5) is 18.9. The Morgan fingerprint density at radius 2 is 1.32 bits per heavy atom. The highest BCUT2D eigenvalue weighted by Gasteiger charge is 2.21. The molecule has 1 aromatic heterocycles. The van der Waals surface area contributed by atoms with Crippen LogP contribution in [0.5, 0.6) is 11.5 Å². The van der Waals surface area contributed by atoms with Gasteiger partial charge in [-0.25, -0.2) is 0 Å². The van der Waals surface area contributed by atoms with Gasteiger partial charge in [-0.3, -0.25) is 0 Å². The van der Waals surface area contributed by atoms with E-state index in [1.807, 2.05) is 18.2 Å². The first-order valence-corrected chi connectivity index (χ1v) is 10.3. The summed E-state index contributed by atoms with van der Waals surface area (Å²) in [5.74, 6) is 3.64. The van der Waals surface area contributed by atoms with Crippen LogP contribution >= 0.6 is 0 Å². The lowest BCUT2D eigenvalue weighted by Crippen LogP contribution is -2.34. The van der Waals surface area contributed by atoms with E-state index in [1.54, 1.807) is 0 Å². The maximum Gasteiger partial charge on any atom is 0.233 e. The Morgan fingerprint density at radius 1 is 0.714 bits per heavy atom. The third-order valence-corrected chi connectivity index (χ3v) is 5.52. The largest absolute Gasteiger partial charge is 0.454 e. The van der Waals surface area contributed by atoms with E-state index >= 15 is 0 Å². The molecule has 0 radical (unpaired) electrons. The van der Waals surface area contributed by atoms with E-state index in [-0.39, 0.29) is 6.79 Å². The quantitative estimate of drug-likeness (QED) is 0.863. The molecule has 2 fully saturated rings. The third-order valence-electron chi connectivity index (χ3n) is 5.52. The zero-order valence-electron chi connectivity index (χ0n) is 16.1. The summed E-state index contributed by atoms with van der Waals surface area (Å²) in [6.45, 7) is 4.29. The van der Waals surface area contributed by atoms with E-state index in [0.29, 0.717) is 5.95 Å². The van der Waals surface area contributed by atoms with Crippen molar-refractivity contribution in [2.75, 3.05) is 48.1 Å². The minimum atomic E-state index is 0.267. The van der Waals surface area contributed by atoms with Crippen LogP contribution in [-0.4, -0.2) is 47.9 Å². The average molecular weight is 382 g/mol. The molecule has 0 unspecified atom stereocenters. The predicted molar refractivity (Wildman–Crippen MR) is 108 cm³/mol. The van der Waals surface area contributed by atoms with Crippen molar-refractivity contribution in [3.8, 4) is 11.5 Å². The fourth-order valence-corrected chi connectivity index (χ4v) is 3.98. The number of anilines is 4. The molecule has 1 N–H and O–H groups in total. The third kappa shape index (κ3) is 3.63. The van der Waals surface area contributed by atoms with Crippen molar-refractivity contribution in [2.45, 2.75) is 38.5 Å². The van der Waals surface area contributed by atoms with Gasteiger partial charge in [0, 0.05) is 37.9 Å². The second-order valence-electron chi connectivity index (χ2n) is 7.55. The lowest BCUT2D eigenvalue weighted by Gasteiger charge is -2.30. The second-order valence-corrected chi connectivity index (χ2v) is 7.55. The zero-order valence-corrected chi connectivity index (χ0v) is 16.1. The Balaban J connectivity index is 1.45. The molecule has 2 saturated heterocycles. The summed E-state index contributed by atoms with van der Waals surface area (Å²) in [6.07, 6.45) is 7.32. The number of nitrogens with one attached hydrogen (secondary N) is 1. The van der Waals surface area contributed by atoms with Crippen molar-refractivity contribution < 1.29 is 9.47 Å². The Hall–Kier alpha value is -2.77. The average Bonchev–Trinajstić information content (AvgIpc) is 3.23. The minimum absolute atomic E-state index is 0.267. The van der Waals surface area contributed by atoms with Crippen molar-refractivity contribution in [2.24, 2.45) is 0 Å². The van der Waals surface area contributed by atoms with Gasteiger partial charge in [0.05, 0.1) is 0 Å². The van der Waals surface area contributed by atoms with Gasteiger partial charge in [0.1, 0.15) is 0 Å². The molecular formula is C20H26N6O2. The van der Waals surface area contributed by atoms with Gasteiger partial charge in [-0.05, 0) is 50.7 Å². The van der Waals surface area contributed by atoms with E-state index in [4.69, 9.17) is 24.4 Å². The van der Waals surface area contributed by atoms with Crippen LogP contribution < -0.4 is 24.6 Å². The van der Waals surface area contributed by atoms with Gasteiger partial charge in [0.15, 0.2) is 11.5 Å². The SMILES string of the molecule is c1cc2c(cc1Nc1nc(N3CCCCC3)nc(N3CCCCC3)n1)OCO2. The summed E-state index contributed by atoms with van der Waals surface area (Å²) in [7, 11) is 0. The molecule has 0 bridgehead atoms. The van der Waals surface area contributed by atoms with Crippen LogP contribution in [-0.2, 0) is 0 Å². The number of fused-ring (bicyclic) bond motifs is 1. The summed E-state index contributed by atoms with van der Waals surface area (Å²) in [6, 6.07) is 5.79. The lowest BCUT2D eigenvalue weighted by atomic mass is 10.1. The number of hydrogen-bond donors (Lipinski definition) is 1. The molecule has 0 amide bonds. The van der Waals surface area contributed by atoms with Crippen molar-refractivity contribution in [3.05, 3.63) is 18.2 Å². The fourth-order valence-electron chi connectivity index (χ4n) is 3.98. The van der Waals surface area contributed by atoms with E-state index in [9.17, 15) is 0 Å². The molecule has 148 valence electrons. The molecule has 3 aliphatic rings. The molecular weight excluding hydrogens is 356 g/mol. The monoisotopic (exact) mass is 382 g/mol. The van der Waals surface area contributed by atoms with Gasteiger partial charge in [-0.15, -0.1) is 0 Å². The minimum Gasteiger partial charge on any atom is -0.454 e. The topological polar surface area (TPSA) is 75.6 Å². The molecule has 3 aliphatic heterocycles. The number of ether oxygens (including phenoxy) is 2. The van der Waals surface area contributed by atoms with Gasteiger partial charge < -0.3 is 24.6 Å². The van der Waals surface area contributed by atoms with Crippen LogP contribution in [0.3, 0.4) is 0 Å². The molecule has 2 aromatic rings. The van der Waals surface area contributed by atoms with Gasteiger partial charge in [0.25, 0.3) is 0 Å². The van der Waals surface area contributed by atoms with Gasteiger partial charge in [-0.2, -0.15) is 15.0 Å². The van der Waals surface area contributed by atoms with E-state index < -0.39 is 0 Å². The second kappa shape index (κ2) is 7.69. The smallest absolute Gasteiger partial charge is 0.233 e. The van der Waals surface area contributed by atoms with Crippen LogP contribution in [0.25, 0.3) is 0 Å². The Morgan fingerprint density at radius 3 is 1.96 bits per heavy atom. The molecule has 28 heavy (non-hydrogen) atoms. The molecule has 1 aromatic carbocycles. The van der Waals surface area contributed by atoms with Gasteiger partial charge in [-0.1, -0.05) is 0 Å². The highest BCUT2D eigenvalue weighted by atomic mass is 16.7. The van der Waals surface area contributed by atoms with Crippen molar-refractivity contribution >= 4 is 23.5 Å². The summed E-state index contributed by atoms with van der Waals surface area (Å²) in [5, 5.41) is 3.34. The van der Waals surface area contributed by atoms with Crippen LogP contribution in [0.2, 0.25) is 0 Å². The highest BCUT2D eigenvalue weighted by molar-refractivity contribution is 5.61. The maximum atomic E-state index is 5.48. The summed E-state index contributed by atoms with van der Waals surface area (Å²) >= 11 is 0. The number of aromatic nitrogens is 3. The van der Waals surface area contributed by atoms with E-state index in [2.05, 4.69) is 15.1 Å². The first-order valence-electron chi connectivity index (χ1n) is 10.3. The first kappa shape index (κ1) is 17.3. The van der Waals surface area contributed by atoms with Crippen LogP contribution in [0.1, 0.15) is 38.5 Å². The standard InChI is InChI=1S/C20H26N6O2/c1-3-9-25(10-4-1)19-22-18(23-20(24-19)26-11-5-2-6-12-26)21-15-7-8-16-17(13-15)28-14-27-16/h7-8,13H,1-6,9-12,14H2,(H,21,22,23,24). The van der Waals surface area contributed by atoms with Crippen LogP contribution in [0, 0.1) is 0 Å². The molecule has 0 aliphatic carbocycles. The maximum absolute atomic E-state index is 5.48. The van der Waals surface area contributed by atoms with E-state index in [0.717, 1.165) is 55.3 Å². The predicted octanol–water partition coefficient (Wildman–Crippen LogP) is 3.32. The summed E-state index contributed by atoms with van der Waals surface area (Å²) in [5.41, 5.74) is 0.879. The fraction of sp³-hybridized carbons (Fsp3) is 0.550. The first-order chi connectivity index (χ1) is 13.8. The van der Waals surface area contributed by atoms with Gasteiger partial charge >= 0.3 is 0 Å².